The minimum Gasteiger partial charge on any atom is -0.496 e. The topological polar surface area (TPSA) is 44.1 Å². The number of ether oxygens (including phenoxy) is 1. The first-order valence-electron chi connectivity index (χ1n) is 4.99. The Balaban J connectivity index is 2.50. The summed E-state index contributed by atoms with van der Waals surface area (Å²) in [6.07, 6.45) is 3.33. The first-order valence-corrected chi connectivity index (χ1v) is 5.78. The molecule has 0 N–H and O–H groups in total. The fourth-order valence-electron chi connectivity index (χ4n) is 1.56. The van der Waals surface area contributed by atoms with Gasteiger partial charge in [0, 0.05) is 23.9 Å². The molecule has 0 radical (unpaired) electrons. The van der Waals surface area contributed by atoms with Crippen molar-refractivity contribution in [2.24, 2.45) is 7.05 Å². The second-order valence-corrected chi connectivity index (χ2v) is 4.45. The van der Waals surface area contributed by atoms with Gasteiger partial charge in [-0.1, -0.05) is 15.9 Å². The van der Waals surface area contributed by atoms with Gasteiger partial charge in [-0.3, -0.25) is 4.79 Å². The lowest BCUT2D eigenvalue weighted by molar-refractivity contribution is 0.102. The molecule has 5 heteroatoms. The number of methoxy groups -OCH3 is 1. The molecule has 0 saturated heterocycles. The van der Waals surface area contributed by atoms with E-state index in [2.05, 4.69) is 20.9 Å². The number of hydrogen-bond donors (Lipinski definition) is 0. The molecule has 1 aromatic carbocycles. The quantitative estimate of drug-likeness (QED) is 0.817. The molecule has 0 amide bonds. The highest BCUT2D eigenvalue weighted by Crippen LogP contribution is 2.24. The first-order chi connectivity index (χ1) is 8.13. The number of benzene rings is 1. The summed E-state index contributed by atoms with van der Waals surface area (Å²) < 4.78 is 7.69. The molecule has 0 atom stereocenters. The Bertz CT molecular complexity index is 563. The SMILES string of the molecule is COc1ccc(Br)cc1C(=O)c1nccn1C. The lowest BCUT2D eigenvalue weighted by Crippen LogP contribution is -2.10. The number of nitrogens with zero attached hydrogens (tertiary/aromatic N) is 2. The fraction of sp³-hybridized carbons (Fsp3) is 0.167. The Labute approximate surface area is 107 Å². The van der Waals surface area contributed by atoms with Crippen molar-refractivity contribution in [2.45, 2.75) is 0 Å². The Hall–Kier alpha value is -1.62. The van der Waals surface area contributed by atoms with Crippen LogP contribution in [-0.2, 0) is 7.05 Å². The molecule has 17 heavy (non-hydrogen) atoms. The molecule has 0 fully saturated rings. The highest BCUT2D eigenvalue weighted by atomic mass is 79.9. The molecule has 0 aliphatic heterocycles. The number of aryl methyl sites for hydroxylation is 1. The molecule has 1 heterocycles. The van der Waals surface area contributed by atoms with E-state index in [0.29, 0.717) is 17.1 Å². The van der Waals surface area contributed by atoms with E-state index >= 15 is 0 Å². The second-order valence-electron chi connectivity index (χ2n) is 3.54. The maximum atomic E-state index is 12.3. The molecule has 4 nitrogen and oxygen atoms in total. The van der Waals surface area contributed by atoms with Crippen molar-refractivity contribution < 1.29 is 9.53 Å². The van der Waals surface area contributed by atoms with Crippen LogP contribution < -0.4 is 4.74 Å². The van der Waals surface area contributed by atoms with Crippen LogP contribution in [-0.4, -0.2) is 22.4 Å². The Morgan fingerprint density at radius 2 is 2.24 bits per heavy atom. The molecule has 0 aliphatic rings. The van der Waals surface area contributed by atoms with E-state index in [-0.39, 0.29) is 5.78 Å². The zero-order valence-corrected chi connectivity index (χ0v) is 11.1. The van der Waals surface area contributed by atoms with Gasteiger partial charge < -0.3 is 9.30 Å². The number of aromatic nitrogens is 2. The molecule has 1 aromatic heterocycles. The molecular weight excluding hydrogens is 284 g/mol. The number of halogens is 1. The summed E-state index contributed by atoms with van der Waals surface area (Å²) in [5.41, 5.74) is 0.496. The number of carbonyl (C=O) groups excluding carboxylic acids is 1. The average molecular weight is 295 g/mol. The normalized spacial score (nSPS) is 10.3. The van der Waals surface area contributed by atoms with Crippen LogP contribution in [0.3, 0.4) is 0 Å². The van der Waals surface area contributed by atoms with Gasteiger partial charge in [0.15, 0.2) is 5.82 Å². The van der Waals surface area contributed by atoms with Crippen molar-refractivity contribution in [1.82, 2.24) is 9.55 Å². The van der Waals surface area contributed by atoms with Gasteiger partial charge in [0.25, 0.3) is 0 Å². The number of imidazole rings is 1. The standard InChI is InChI=1S/C12H11BrN2O2/c1-15-6-5-14-12(15)11(16)9-7-8(13)3-4-10(9)17-2/h3-7H,1-2H3. The fourth-order valence-corrected chi connectivity index (χ4v) is 1.92. The number of carbonyl (C=O) groups is 1. The van der Waals surface area contributed by atoms with Gasteiger partial charge in [-0.2, -0.15) is 0 Å². The molecular formula is C12H11BrN2O2. The van der Waals surface area contributed by atoms with Crippen LogP contribution in [0.25, 0.3) is 0 Å². The van der Waals surface area contributed by atoms with E-state index in [1.807, 2.05) is 6.07 Å². The maximum absolute atomic E-state index is 12.3. The highest BCUT2D eigenvalue weighted by Gasteiger charge is 2.18. The van der Waals surface area contributed by atoms with Crippen LogP contribution in [0.4, 0.5) is 0 Å². The lowest BCUT2D eigenvalue weighted by Gasteiger charge is -2.07. The first kappa shape index (κ1) is 11.9. The maximum Gasteiger partial charge on any atom is 0.232 e. The average Bonchev–Trinajstić information content (AvgIpc) is 2.74. The molecule has 0 unspecified atom stereocenters. The molecule has 2 aromatic rings. The third kappa shape index (κ3) is 2.24. The van der Waals surface area contributed by atoms with E-state index in [0.717, 1.165) is 4.47 Å². The van der Waals surface area contributed by atoms with Gasteiger partial charge in [0.05, 0.1) is 12.7 Å². The van der Waals surface area contributed by atoms with Gasteiger partial charge in [0.2, 0.25) is 5.78 Å². The largest absolute Gasteiger partial charge is 0.496 e. The molecule has 0 aliphatic carbocycles. The van der Waals surface area contributed by atoms with E-state index in [1.165, 1.54) is 0 Å². The molecule has 2 rings (SSSR count). The van der Waals surface area contributed by atoms with Crippen LogP contribution in [0.2, 0.25) is 0 Å². The number of rotatable bonds is 3. The van der Waals surface area contributed by atoms with Crippen LogP contribution in [0.1, 0.15) is 16.2 Å². The highest BCUT2D eigenvalue weighted by molar-refractivity contribution is 9.10. The molecule has 0 saturated carbocycles. The van der Waals surface area contributed by atoms with Crippen molar-refractivity contribution in [3.63, 3.8) is 0 Å². The molecule has 88 valence electrons. The van der Waals surface area contributed by atoms with Crippen molar-refractivity contribution in [3.05, 3.63) is 46.5 Å². The minimum atomic E-state index is -0.157. The minimum absolute atomic E-state index is 0.157. The van der Waals surface area contributed by atoms with Gasteiger partial charge >= 0.3 is 0 Å². The van der Waals surface area contributed by atoms with Gasteiger partial charge in [0.1, 0.15) is 5.75 Å². The summed E-state index contributed by atoms with van der Waals surface area (Å²) in [6.45, 7) is 0. The monoisotopic (exact) mass is 294 g/mol. The number of ketones is 1. The Morgan fingerprint density at radius 3 is 2.82 bits per heavy atom. The third-order valence-corrected chi connectivity index (χ3v) is 2.92. The second kappa shape index (κ2) is 4.71. The molecule has 0 bridgehead atoms. The van der Waals surface area contributed by atoms with Crippen molar-refractivity contribution in [1.29, 1.82) is 0 Å². The van der Waals surface area contributed by atoms with Crippen molar-refractivity contribution in [3.8, 4) is 5.75 Å². The van der Waals surface area contributed by atoms with Gasteiger partial charge in [-0.25, -0.2) is 4.98 Å². The predicted molar refractivity (Wildman–Crippen MR) is 67.3 cm³/mol. The summed E-state index contributed by atoms with van der Waals surface area (Å²) in [7, 11) is 3.32. The summed E-state index contributed by atoms with van der Waals surface area (Å²) in [4.78, 5) is 16.3. The van der Waals surface area contributed by atoms with Crippen molar-refractivity contribution in [2.75, 3.05) is 7.11 Å². The third-order valence-electron chi connectivity index (χ3n) is 2.43. The van der Waals surface area contributed by atoms with E-state index < -0.39 is 0 Å². The van der Waals surface area contributed by atoms with Gasteiger partial charge in [-0.15, -0.1) is 0 Å². The number of hydrogen-bond acceptors (Lipinski definition) is 3. The Morgan fingerprint density at radius 1 is 1.47 bits per heavy atom. The van der Waals surface area contributed by atoms with Crippen molar-refractivity contribution >= 4 is 21.7 Å². The van der Waals surface area contributed by atoms with Crippen LogP contribution in [0.15, 0.2) is 35.1 Å². The smallest absolute Gasteiger partial charge is 0.232 e. The summed E-state index contributed by atoms with van der Waals surface area (Å²) >= 11 is 3.34. The van der Waals surface area contributed by atoms with E-state index in [4.69, 9.17) is 4.74 Å². The predicted octanol–water partition coefficient (Wildman–Crippen LogP) is 2.42. The van der Waals surface area contributed by atoms with Gasteiger partial charge in [-0.05, 0) is 18.2 Å². The zero-order chi connectivity index (χ0) is 12.4. The Kier molecular flexibility index (Phi) is 3.28. The van der Waals surface area contributed by atoms with E-state index in [1.54, 1.807) is 43.3 Å². The summed E-state index contributed by atoms with van der Waals surface area (Å²) in [5.74, 6) is 0.776. The molecule has 0 spiro atoms. The van der Waals surface area contributed by atoms with Crippen LogP contribution in [0.5, 0.6) is 5.75 Å². The van der Waals surface area contributed by atoms with E-state index in [9.17, 15) is 4.79 Å². The van der Waals surface area contributed by atoms with Crippen LogP contribution in [0, 0.1) is 0 Å². The van der Waals surface area contributed by atoms with Crippen LogP contribution >= 0.6 is 15.9 Å². The summed E-state index contributed by atoms with van der Waals surface area (Å²) in [5, 5.41) is 0. The zero-order valence-electron chi connectivity index (χ0n) is 9.48. The summed E-state index contributed by atoms with van der Waals surface area (Å²) in [6, 6.07) is 5.31. The lowest BCUT2D eigenvalue weighted by atomic mass is 10.1.